The Morgan fingerprint density at radius 2 is 2.04 bits per heavy atom. The third-order valence-corrected chi connectivity index (χ3v) is 3.73. The molecule has 0 fully saturated rings. The first-order valence-electron chi connectivity index (χ1n) is 7.61. The number of oxazole rings is 1. The van der Waals surface area contributed by atoms with Crippen molar-refractivity contribution in [3.8, 4) is 5.75 Å². The number of phenolic OH excluding ortho intramolecular Hbond substituents is 1. The van der Waals surface area contributed by atoms with Crippen molar-refractivity contribution in [1.29, 1.82) is 0 Å². The maximum Gasteiger partial charge on any atom is 0.300 e. The van der Waals surface area contributed by atoms with Gasteiger partial charge in [0.05, 0.1) is 5.69 Å². The Morgan fingerprint density at radius 3 is 2.75 bits per heavy atom. The zero-order valence-corrected chi connectivity index (χ0v) is 13.3. The summed E-state index contributed by atoms with van der Waals surface area (Å²) in [5.74, 6) is -0.754. The monoisotopic (exact) mass is 328 g/mol. The molecule has 0 saturated carbocycles. The van der Waals surface area contributed by atoms with Crippen LogP contribution in [0.15, 0.2) is 40.8 Å². The minimum absolute atomic E-state index is 0.0121. The minimum atomic E-state index is -0.584. The molecule has 24 heavy (non-hydrogen) atoms. The average molecular weight is 328 g/mol. The van der Waals surface area contributed by atoms with E-state index in [1.165, 1.54) is 6.07 Å². The maximum absolute atomic E-state index is 14.6. The number of hydrogen-bond donors (Lipinski definition) is 2. The molecule has 5 nitrogen and oxygen atoms in total. The van der Waals surface area contributed by atoms with Gasteiger partial charge in [0.25, 0.3) is 6.01 Å². The fourth-order valence-corrected chi connectivity index (χ4v) is 2.28. The molecule has 0 aliphatic carbocycles. The van der Waals surface area contributed by atoms with Crippen LogP contribution < -0.4 is 5.32 Å². The van der Waals surface area contributed by atoms with E-state index in [0.29, 0.717) is 11.2 Å². The largest absolute Gasteiger partial charge is 0.506 e. The van der Waals surface area contributed by atoms with Crippen LogP contribution in [0.2, 0.25) is 0 Å². The molecule has 0 amide bonds. The Labute approximate surface area is 138 Å². The van der Waals surface area contributed by atoms with Crippen LogP contribution in [0.3, 0.4) is 0 Å². The molecule has 2 aromatic carbocycles. The molecule has 1 aromatic heterocycles. The number of carbonyl (C=O) groups is 1. The zero-order chi connectivity index (χ0) is 17.3. The number of para-hydroxylation sites is 2. The van der Waals surface area contributed by atoms with E-state index < -0.39 is 5.82 Å². The molecule has 2 N–H and O–H groups in total. The smallest absolute Gasteiger partial charge is 0.300 e. The van der Waals surface area contributed by atoms with Crippen LogP contribution in [-0.2, 0) is 11.2 Å². The number of ketones is 1. The number of benzene rings is 2. The summed E-state index contributed by atoms with van der Waals surface area (Å²) in [4.78, 5) is 16.0. The SMILES string of the molecule is CC(C)C(=O)Cc1ccc2nc(Nc3ccccc3O)oc2c1F. The summed E-state index contributed by atoms with van der Waals surface area (Å²) in [5.41, 5.74) is 1.01. The van der Waals surface area contributed by atoms with E-state index in [1.807, 2.05) is 0 Å². The minimum Gasteiger partial charge on any atom is -0.506 e. The molecular formula is C18H17FN2O3. The first-order valence-corrected chi connectivity index (χ1v) is 7.61. The maximum atomic E-state index is 14.6. The predicted octanol–water partition coefficient (Wildman–Crippen LogP) is 4.18. The van der Waals surface area contributed by atoms with Crippen molar-refractivity contribution >= 4 is 28.6 Å². The van der Waals surface area contributed by atoms with Crippen LogP contribution >= 0.6 is 0 Å². The number of nitrogens with one attached hydrogen (secondary N) is 1. The number of nitrogens with zero attached hydrogens (tertiary/aromatic N) is 1. The van der Waals surface area contributed by atoms with E-state index in [4.69, 9.17) is 4.42 Å². The van der Waals surface area contributed by atoms with Gasteiger partial charge in [0, 0.05) is 12.3 Å². The highest BCUT2D eigenvalue weighted by Gasteiger charge is 2.18. The van der Waals surface area contributed by atoms with Gasteiger partial charge >= 0.3 is 0 Å². The number of phenols is 1. The van der Waals surface area contributed by atoms with Crippen LogP contribution in [0.4, 0.5) is 16.1 Å². The van der Waals surface area contributed by atoms with Crippen LogP contribution in [-0.4, -0.2) is 15.9 Å². The molecule has 6 heteroatoms. The number of rotatable bonds is 5. The molecule has 3 rings (SSSR count). The van der Waals surface area contributed by atoms with Gasteiger partial charge in [0.2, 0.25) is 0 Å². The molecule has 0 bridgehead atoms. The molecule has 1 heterocycles. The lowest BCUT2D eigenvalue weighted by atomic mass is 10.0. The third-order valence-electron chi connectivity index (χ3n) is 3.73. The Morgan fingerprint density at radius 1 is 1.29 bits per heavy atom. The summed E-state index contributed by atoms with van der Waals surface area (Å²) >= 11 is 0. The van der Waals surface area contributed by atoms with E-state index in [1.54, 1.807) is 44.2 Å². The number of hydrogen-bond acceptors (Lipinski definition) is 5. The van der Waals surface area contributed by atoms with Gasteiger partial charge in [-0.2, -0.15) is 4.98 Å². The number of halogens is 1. The summed E-state index contributed by atoms with van der Waals surface area (Å²) in [6.45, 7) is 3.56. The number of fused-ring (bicyclic) bond motifs is 1. The van der Waals surface area contributed by atoms with Gasteiger partial charge in [0.1, 0.15) is 17.0 Å². The van der Waals surface area contributed by atoms with Crippen molar-refractivity contribution in [3.63, 3.8) is 0 Å². The molecule has 124 valence electrons. The molecule has 0 saturated heterocycles. The average Bonchev–Trinajstić information content (AvgIpc) is 2.96. The van der Waals surface area contributed by atoms with Crippen LogP contribution in [0.5, 0.6) is 5.75 Å². The van der Waals surface area contributed by atoms with E-state index >= 15 is 0 Å². The van der Waals surface area contributed by atoms with E-state index in [-0.39, 0.29) is 41.0 Å². The second-order valence-electron chi connectivity index (χ2n) is 5.85. The number of Topliss-reactive ketones (excluding diaryl/α,β-unsaturated/α-hetero) is 1. The van der Waals surface area contributed by atoms with Crippen LogP contribution in [0.25, 0.3) is 11.1 Å². The van der Waals surface area contributed by atoms with Gasteiger partial charge in [-0.3, -0.25) is 4.79 Å². The van der Waals surface area contributed by atoms with Crippen molar-refractivity contribution < 1.29 is 18.7 Å². The van der Waals surface area contributed by atoms with Gasteiger partial charge < -0.3 is 14.8 Å². The summed E-state index contributed by atoms with van der Waals surface area (Å²) in [7, 11) is 0. The highest BCUT2D eigenvalue weighted by atomic mass is 19.1. The third kappa shape index (κ3) is 3.08. The lowest BCUT2D eigenvalue weighted by molar-refractivity contribution is -0.121. The molecule has 0 atom stereocenters. The van der Waals surface area contributed by atoms with Gasteiger partial charge in [-0.05, 0) is 23.8 Å². The molecule has 0 unspecified atom stereocenters. The Hall–Kier alpha value is -2.89. The second-order valence-corrected chi connectivity index (χ2v) is 5.85. The first-order chi connectivity index (χ1) is 11.5. The van der Waals surface area contributed by atoms with Crippen molar-refractivity contribution in [2.24, 2.45) is 5.92 Å². The van der Waals surface area contributed by atoms with Crippen molar-refractivity contribution in [1.82, 2.24) is 4.98 Å². The fourth-order valence-electron chi connectivity index (χ4n) is 2.28. The predicted molar refractivity (Wildman–Crippen MR) is 88.9 cm³/mol. The topological polar surface area (TPSA) is 75.4 Å². The molecule has 3 aromatic rings. The molecular weight excluding hydrogens is 311 g/mol. The number of aromatic nitrogens is 1. The van der Waals surface area contributed by atoms with Gasteiger partial charge in [-0.15, -0.1) is 0 Å². The highest BCUT2D eigenvalue weighted by Crippen LogP contribution is 2.29. The number of carbonyl (C=O) groups excluding carboxylic acids is 1. The molecule has 0 spiro atoms. The van der Waals surface area contributed by atoms with E-state index in [0.717, 1.165) is 0 Å². The summed E-state index contributed by atoms with van der Waals surface area (Å²) in [5, 5.41) is 12.6. The summed E-state index contributed by atoms with van der Waals surface area (Å²) in [6.07, 6.45) is 0.0162. The van der Waals surface area contributed by atoms with Crippen molar-refractivity contribution in [2.75, 3.05) is 5.32 Å². The Kier molecular flexibility index (Phi) is 4.20. The fraction of sp³-hybridized carbons (Fsp3) is 0.222. The second kappa shape index (κ2) is 6.31. The van der Waals surface area contributed by atoms with Gasteiger partial charge in [-0.25, -0.2) is 4.39 Å². The lowest BCUT2D eigenvalue weighted by Crippen LogP contribution is -2.11. The van der Waals surface area contributed by atoms with Crippen LogP contribution in [0, 0.1) is 11.7 Å². The Bertz CT molecular complexity index is 902. The quantitative estimate of drug-likeness (QED) is 0.687. The number of anilines is 2. The summed E-state index contributed by atoms with van der Waals surface area (Å²) in [6, 6.07) is 9.81. The van der Waals surface area contributed by atoms with Crippen molar-refractivity contribution in [2.45, 2.75) is 20.3 Å². The summed E-state index contributed by atoms with van der Waals surface area (Å²) < 4.78 is 20.0. The number of aromatic hydroxyl groups is 1. The normalized spacial score (nSPS) is 11.2. The lowest BCUT2D eigenvalue weighted by Gasteiger charge is -2.05. The van der Waals surface area contributed by atoms with Crippen LogP contribution in [0.1, 0.15) is 19.4 Å². The Balaban J connectivity index is 1.92. The zero-order valence-electron chi connectivity index (χ0n) is 13.3. The van der Waals surface area contributed by atoms with E-state index in [9.17, 15) is 14.3 Å². The standard InChI is InChI=1S/C18H17FN2O3/c1-10(2)15(23)9-11-7-8-13-17(16(11)19)24-18(21-13)20-12-5-3-4-6-14(12)22/h3-8,10,22H,9H2,1-2H3,(H,20,21). The van der Waals surface area contributed by atoms with Gasteiger partial charge in [0.15, 0.2) is 11.4 Å². The molecule has 0 radical (unpaired) electrons. The van der Waals surface area contributed by atoms with Crippen molar-refractivity contribution in [3.05, 3.63) is 47.8 Å². The first kappa shape index (κ1) is 16.0. The molecule has 0 aliphatic rings. The van der Waals surface area contributed by atoms with E-state index in [2.05, 4.69) is 10.3 Å². The highest BCUT2D eigenvalue weighted by molar-refractivity contribution is 5.84. The molecule has 0 aliphatic heterocycles. The van der Waals surface area contributed by atoms with Gasteiger partial charge in [-0.1, -0.05) is 32.0 Å².